The van der Waals surface area contributed by atoms with Gasteiger partial charge in [0.2, 0.25) is 5.91 Å². The minimum Gasteiger partial charge on any atom is -0.378 e. The van der Waals surface area contributed by atoms with E-state index in [1.807, 2.05) is 16.5 Å². The molecular weight excluding hydrogens is 286 g/mol. The van der Waals surface area contributed by atoms with Crippen molar-refractivity contribution in [3.63, 3.8) is 0 Å². The highest BCUT2D eigenvalue weighted by Crippen LogP contribution is 2.39. The molecule has 2 heterocycles. The van der Waals surface area contributed by atoms with Gasteiger partial charge in [-0.1, -0.05) is 12.8 Å². The molecule has 1 aromatic heterocycles. The van der Waals surface area contributed by atoms with Crippen molar-refractivity contribution in [2.24, 2.45) is 0 Å². The van der Waals surface area contributed by atoms with E-state index in [4.69, 9.17) is 4.74 Å². The standard InChI is InChI=1S/C15H23N3O2S/c19-13(18-8-10-20-11-9-18)3-6-17-15(4-1-2-5-15)14-16-7-12-21-14/h7,12,17H,1-6,8-11H2. The lowest BCUT2D eigenvalue weighted by Gasteiger charge is -2.30. The van der Waals surface area contributed by atoms with Crippen LogP contribution in [0.3, 0.4) is 0 Å². The van der Waals surface area contributed by atoms with Crippen molar-refractivity contribution in [3.05, 3.63) is 16.6 Å². The maximum absolute atomic E-state index is 12.2. The quantitative estimate of drug-likeness (QED) is 0.900. The fraction of sp³-hybridized carbons (Fsp3) is 0.733. The number of hydrogen-bond donors (Lipinski definition) is 1. The van der Waals surface area contributed by atoms with Gasteiger partial charge < -0.3 is 15.0 Å². The van der Waals surface area contributed by atoms with Gasteiger partial charge in [0.05, 0.1) is 18.8 Å². The molecule has 6 heteroatoms. The number of ether oxygens (including phenoxy) is 1. The Morgan fingerprint density at radius 1 is 1.38 bits per heavy atom. The predicted octanol–water partition coefficient (Wildman–Crippen LogP) is 1.75. The monoisotopic (exact) mass is 309 g/mol. The molecule has 0 unspecified atom stereocenters. The fourth-order valence-corrected chi connectivity index (χ4v) is 4.16. The highest BCUT2D eigenvalue weighted by molar-refractivity contribution is 7.09. The molecule has 1 aliphatic heterocycles. The Balaban J connectivity index is 1.52. The summed E-state index contributed by atoms with van der Waals surface area (Å²) in [7, 11) is 0. The minimum absolute atomic E-state index is 0.0133. The Hall–Kier alpha value is -0.980. The summed E-state index contributed by atoms with van der Waals surface area (Å²) in [5.41, 5.74) is 0.0133. The molecular formula is C15H23N3O2S. The number of nitrogens with one attached hydrogen (secondary N) is 1. The third kappa shape index (κ3) is 3.44. The average Bonchev–Trinajstić information content (AvgIpc) is 3.20. The van der Waals surface area contributed by atoms with E-state index in [1.54, 1.807) is 11.3 Å². The van der Waals surface area contributed by atoms with E-state index in [9.17, 15) is 4.79 Å². The second-order valence-corrected chi connectivity index (χ2v) is 6.69. The van der Waals surface area contributed by atoms with Gasteiger partial charge in [-0.3, -0.25) is 4.79 Å². The minimum atomic E-state index is 0.0133. The van der Waals surface area contributed by atoms with E-state index in [-0.39, 0.29) is 11.4 Å². The van der Waals surface area contributed by atoms with Crippen molar-refractivity contribution in [3.8, 4) is 0 Å². The van der Waals surface area contributed by atoms with Crippen LogP contribution in [0.5, 0.6) is 0 Å². The molecule has 2 fully saturated rings. The van der Waals surface area contributed by atoms with Crippen LogP contribution in [-0.4, -0.2) is 48.6 Å². The van der Waals surface area contributed by atoms with Crippen LogP contribution >= 0.6 is 11.3 Å². The first-order valence-electron chi connectivity index (χ1n) is 7.81. The normalized spacial score (nSPS) is 21.6. The van der Waals surface area contributed by atoms with Crippen LogP contribution in [0.25, 0.3) is 0 Å². The lowest BCUT2D eigenvalue weighted by Crippen LogP contribution is -2.44. The summed E-state index contributed by atoms with van der Waals surface area (Å²) in [4.78, 5) is 18.6. The highest BCUT2D eigenvalue weighted by atomic mass is 32.1. The first-order valence-corrected chi connectivity index (χ1v) is 8.69. The van der Waals surface area contributed by atoms with Crippen molar-refractivity contribution in [1.29, 1.82) is 0 Å². The van der Waals surface area contributed by atoms with Crippen molar-refractivity contribution in [1.82, 2.24) is 15.2 Å². The molecule has 1 saturated heterocycles. The Morgan fingerprint density at radius 2 is 2.14 bits per heavy atom. The molecule has 2 aliphatic rings. The molecule has 0 radical (unpaired) electrons. The molecule has 0 atom stereocenters. The van der Waals surface area contributed by atoms with Crippen LogP contribution in [0.15, 0.2) is 11.6 Å². The van der Waals surface area contributed by atoms with Crippen molar-refractivity contribution < 1.29 is 9.53 Å². The van der Waals surface area contributed by atoms with Gasteiger partial charge in [0.25, 0.3) is 0 Å². The van der Waals surface area contributed by atoms with Gasteiger partial charge in [0, 0.05) is 37.6 Å². The summed E-state index contributed by atoms with van der Waals surface area (Å²) in [6.07, 6.45) is 7.18. The average molecular weight is 309 g/mol. The van der Waals surface area contributed by atoms with Gasteiger partial charge in [-0.15, -0.1) is 11.3 Å². The van der Waals surface area contributed by atoms with Crippen LogP contribution in [-0.2, 0) is 15.1 Å². The first-order chi connectivity index (χ1) is 10.3. The second kappa shape index (κ2) is 6.85. The van der Waals surface area contributed by atoms with Gasteiger partial charge in [-0.05, 0) is 12.8 Å². The number of nitrogens with zero attached hydrogens (tertiary/aromatic N) is 2. The van der Waals surface area contributed by atoms with Crippen LogP contribution in [0.4, 0.5) is 0 Å². The number of thiazole rings is 1. The van der Waals surface area contributed by atoms with Crippen LogP contribution in [0, 0.1) is 0 Å². The number of carbonyl (C=O) groups is 1. The smallest absolute Gasteiger partial charge is 0.224 e. The van der Waals surface area contributed by atoms with E-state index in [0.29, 0.717) is 19.6 Å². The summed E-state index contributed by atoms with van der Waals surface area (Å²) in [5, 5.41) is 6.85. The molecule has 1 saturated carbocycles. The van der Waals surface area contributed by atoms with Crippen molar-refractivity contribution in [2.75, 3.05) is 32.8 Å². The van der Waals surface area contributed by atoms with Gasteiger partial charge in [-0.2, -0.15) is 0 Å². The van der Waals surface area contributed by atoms with Crippen LogP contribution in [0.1, 0.15) is 37.1 Å². The lowest BCUT2D eigenvalue weighted by molar-refractivity contribution is -0.135. The van der Waals surface area contributed by atoms with Gasteiger partial charge >= 0.3 is 0 Å². The zero-order valence-corrected chi connectivity index (χ0v) is 13.2. The Kier molecular flexibility index (Phi) is 4.87. The first kappa shape index (κ1) is 14.9. The van der Waals surface area contributed by atoms with Gasteiger partial charge in [0.15, 0.2) is 0 Å². The van der Waals surface area contributed by atoms with Crippen molar-refractivity contribution in [2.45, 2.75) is 37.6 Å². The SMILES string of the molecule is O=C(CCNC1(c2nccs2)CCCC1)N1CCOCC1. The van der Waals surface area contributed by atoms with E-state index < -0.39 is 0 Å². The molecule has 0 spiro atoms. The second-order valence-electron chi connectivity index (χ2n) is 5.80. The number of carbonyl (C=O) groups excluding carboxylic acids is 1. The molecule has 1 N–H and O–H groups in total. The summed E-state index contributed by atoms with van der Waals surface area (Å²) in [5.74, 6) is 0.234. The molecule has 3 rings (SSSR count). The Bertz CT molecular complexity index is 451. The third-order valence-electron chi connectivity index (χ3n) is 4.46. The zero-order chi connectivity index (χ0) is 14.5. The Morgan fingerprint density at radius 3 is 2.81 bits per heavy atom. The summed E-state index contributed by atoms with van der Waals surface area (Å²) < 4.78 is 5.28. The maximum Gasteiger partial charge on any atom is 0.224 e. The van der Waals surface area contributed by atoms with Gasteiger partial charge in [0.1, 0.15) is 5.01 Å². The maximum atomic E-state index is 12.2. The van der Waals surface area contributed by atoms with E-state index in [2.05, 4.69) is 10.3 Å². The fourth-order valence-electron chi connectivity index (χ4n) is 3.28. The molecule has 0 aromatic carbocycles. The van der Waals surface area contributed by atoms with E-state index in [0.717, 1.165) is 32.5 Å². The molecule has 0 bridgehead atoms. The Labute approximate surface area is 129 Å². The summed E-state index contributed by atoms with van der Waals surface area (Å²) >= 11 is 1.72. The topological polar surface area (TPSA) is 54.5 Å². The molecule has 116 valence electrons. The van der Waals surface area contributed by atoms with Crippen LogP contribution in [0.2, 0.25) is 0 Å². The highest BCUT2D eigenvalue weighted by Gasteiger charge is 2.37. The number of hydrogen-bond acceptors (Lipinski definition) is 5. The third-order valence-corrected chi connectivity index (χ3v) is 5.44. The van der Waals surface area contributed by atoms with Crippen LogP contribution < -0.4 is 5.32 Å². The zero-order valence-electron chi connectivity index (χ0n) is 12.3. The molecule has 21 heavy (non-hydrogen) atoms. The molecule has 5 nitrogen and oxygen atoms in total. The molecule has 1 amide bonds. The number of morpholine rings is 1. The number of aromatic nitrogens is 1. The largest absolute Gasteiger partial charge is 0.378 e. The summed E-state index contributed by atoms with van der Waals surface area (Å²) in [6.45, 7) is 3.53. The van der Waals surface area contributed by atoms with E-state index in [1.165, 1.54) is 17.8 Å². The molecule has 1 aliphatic carbocycles. The lowest BCUT2D eigenvalue weighted by atomic mass is 9.98. The number of amides is 1. The number of rotatable bonds is 5. The predicted molar refractivity (Wildman–Crippen MR) is 82.3 cm³/mol. The van der Waals surface area contributed by atoms with Crippen molar-refractivity contribution >= 4 is 17.2 Å². The molecule has 1 aromatic rings. The van der Waals surface area contributed by atoms with Gasteiger partial charge in [-0.25, -0.2) is 4.98 Å². The summed E-state index contributed by atoms with van der Waals surface area (Å²) in [6, 6.07) is 0. The van der Waals surface area contributed by atoms with E-state index >= 15 is 0 Å².